The first-order chi connectivity index (χ1) is 6.74. The van der Waals surface area contributed by atoms with Gasteiger partial charge in [0.1, 0.15) is 0 Å². The molecule has 0 aliphatic heterocycles. The van der Waals surface area contributed by atoms with E-state index in [9.17, 15) is 13.0 Å². The summed E-state index contributed by atoms with van der Waals surface area (Å²) < 4.78 is 28.8. The molecule has 0 radical (unpaired) electrons. The highest BCUT2D eigenvalue weighted by atomic mass is 32.2. The molecule has 0 aromatic rings. The normalized spacial score (nSPS) is 11.5. The minimum absolute atomic E-state index is 0.412. The van der Waals surface area contributed by atoms with Crippen LogP contribution in [0.1, 0.15) is 20.8 Å². The van der Waals surface area contributed by atoms with Crippen molar-refractivity contribution in [2.45, 2.75) is 20.8 Å². The van der Waals surface area contributed by atoms with Crippen LogP contribution in [0, 0.1) is 0 Å². The summed E-state index contributed by atoms with van der Waals surface area (Å²) in [7, 11) is -4.45. The molecule has 0 N–H and O–H groups in total. The van der Waals surface area contributed by atoms with Crippen LogP contribution in [-0.4, -0.2) is 43.9 Å². The van der Waals surface area contributed by atoms with E-state index in [1.807, 2.05) is 0 Å². The third kappa shape index (κ3) is 12.0. The van der Waals surface area contributed by atoms with Crippen LogP contribution in [0.3, 0.4) is 0 Å². The third-order valence-corrected chi connectivity index (χ3v) is 7.84. The zero-order chi connectivity index (χ0) is 12.5. The van der Waals surface area contributed by atoms with Gasteiger partial charge in [-0.1, -0.05) is 6.08 Å². The molecule has 15 heavy (non-hydrogen) atoms. The summed E-state index contributed by atoms with van der Waals surface area (Å²) in [5.74, 6) is -0.479. The Morgan fingerprint density at radius 1 is 1.20 bits per heavy atom. The van der Waals surface area contributed by atoms with Crippen molar-refractivity contribution in [3.05, 3.63) is 12.7 Å². The minimum Gasteiger partial charge on any atom is -0.748 e. The molecular weight excluding hydrogens is 231 g/mol. The van der Waals surface area contributed by atoms with Crippen molar-refractivity contribution in [1.82, 2.24) is 0 Å². The molecule has 0 aromatic carbocycles. The van der Waals surface area contributed by atoms with Crippen LogP contribution in [0.5, 0.6) is 0 Å². The van der Waals surface area contributed by atoms with Gasteiger partial charge in [-0.05, 0) is 20.8 Å². The molecule has 5 heteroatoms. The van der Waals surface area contributed by atoms with Gasteiger partial charge in [0.2, 0.25) is 0 Å². The van der Waals surface area contributed by atoms with Crippen LogP contribution in [-0.2, 0) is 10.1 Å². The number of hydrogen-bond donors (Lipinski definition) is 0. The fraction of sp³-hybridized carbons (Fsp3) is 0.800. The fourth-order valence-corrected chi connectivity index (χ4v) is 2.45. The lowest BCUT2D eigenvalue weighted by atomic mass is 10.8. The van der Waals surface area contributed by atoms with Crippen molar-refractivity contribution in [2.24, 2.45) is 0 Å². The fourth-order valence-electron chi connectivity index (χ4n) is 0.815. The van der Waals surface area contributed by atoms with Crippen molar-refractivity contribution < 1.29 is 13.0 Å². The van der Waals surface area contributed by atoms with E-state index in [1.54, 1.807) is 0 Å². The molecule has 0 unspecified atom stereocenters. The molecule has 0 atom stereocenters. The van der Waals surface area contributed by atoms with Crippen molar-refractivity contribution in [3.63, 3.8) is 0 Å². The molecule has 0 rings (SSSR count). The Bertz CT molecular complexity index is 248. The van der Waals surface area contributed by atoms with Gasteiger partial charge in [-0.15, -0.1) is 6.58 Å². The molecule has 0 spiro atoms. The quantitative estimate of drug-likeness (QED) is 0.430. The van der Waals surface area contributed by atoms with Gasteiger partial charge in [0.05, 0.1) is 34.4 Å². The van der Waals surface area contributed by atoms with Crippen molar-refractivity contribution in [3.8, 4) is 0 Å². The predicted molar refractivity (Wildman–Crippen MR) is 69.2 cm³/mol. The molecular formula is C10H23O3PS. The van der Waals surface area contributed by atoms with Gasteiger partial charge in [0.25, 0.3) is 0 Å². The van der Waals surface area contributed by atoms with Gasteiger partial charge in [0.15, 0.2) is 0 Å². The highest BCUT2D eigenvalue weighted by Gasteiger charge is 2.22. The SMILES string of the molecule is C=CCS(=O)(=O)[O-].CC[P+](C)(CC)CC. The Morgan fingerprint density at radius 3 is 1.53 bits per heavy atom. The number of hydrogen-bond acceptors (Lipinski definition) is 3. The van der Waals surface area contributed by atoms with Crippen LogP contribution in [0.4, 0.5) is 0 Å². The van der Waals surface area contributed by atoms with Crippen LogP contribution in [0.2, 0.25) is 0 Å². The van der Waals surface area contributed by atoms with Crippen LogP contribution < -0.4 is 0 Å². The maximum atomic E-state index is 9.60. The van der Waals surface area contributed by atoms with E-state index in [0.29, 0.717) is 0 Å². The van der Waals surface area contributed by atoms with E-state index in [2.05, 4.69) is 34.0 Å². The Kier molecular flexibility index (Phi) is 9.62. The summed E-state index contributed by atoms with van der Waals surface area (Å²) in [6.07, 6.45) is 5.35. The largest absolute Gasteiger partial charge is 0.748 e. The minimum atomic E-state index is -4.04. The summed E-state index contributed by atoms with van der Waals surface area (Å²) in [6, 6.07) is 0. The Balaban J connectivity index is 0. The summed E-state index contributed by atoms with van der Waals surface area (Å²) in [4.78, 5) is 0. The van der Waals surface area contributed by atoms with Gasteiger partial charge in [0, 0.05) is 13.9 Å². The molecule has 0 aliphatic rings. The van der Waals surface area contributed by atoms with Crippen molar-refractivity contribution in [2.75, 3.05) is 30.9 Å². The van der Waals surface area contributed by atoms with E-state index < -0.39 is 23.1 Å². The molecule has 0 aromatic heterocycles. The van der Waals surface area contributed by atoms with E-state index in [0.717, 1.165) is 6.08 Å². The van der Waals surface area contributed by atoms with Crippen molar-refractivity contribution in [1.29, 1.82) is 0 Å². The lowest BCUT2D eigenvalue weighted by Crippen LogP contribution is -1.99. The second-order valence-corrected chi connectivity index (χ2v) is 10.2. The van der Waals surface area contributed by atoms with E-state index in [4.69, 9.17) is 0 Å². The molecule has 0 amide bonds. The van der Waals surface area contributed by atoms with Gasteiger partial charge in [-0.3, -0.25) is 0 Å². The molecule has 0 heterocycles. The molecule has 0 bridgehead atoms. The first kappa shape index (κ1) is 17.5. The zero-order valence-electron chi connectivity index (χ0n) is 10.2. The second kappa shape index (κ2) is 8.26. The topological polar surface area (TPSA) is 57.2 Å². The molecule has 3 nitrogen and oxygen atoms in total. The Labute approximate surface area is 95.1 Å². The lowest BCUT2D eigenvalue weighted by Gasteiger charge is -2.16. The lowest BCUT2D eigenvalue weighted by molar-refractivity contribution is 0.466. The molecule has 0 saturated carbocycles. The van der Waals surface area contributed by atoms with Gasteiger partial charge >= 0.3 is 0 Å². The summed E-state index contributed by atoms with van der Waals surface area (Å²) in [5, 5.41) is 0. The van der Waals surface area contributed by atoms with Crippen LogP contribution in [0.25, 0.3) is 0 Å². The van der Waals surface area contributed by atoms with Crippen LogP contribution >= 0.6 is 7.26 Å². The Morgan fingerprint density at radius 2 is 1.53 bits per heavy atom. The standard InChI is InChI=1S/C7H18P.C3H6O3S/c1-5-8(4,6-2)7-3;1-2-3-7(4,5)6/h5-7H2,1-4H3;2H,1,3H2,(H,4,5,6)/q+1;/p-1. The highest BCUT2D eigenvalue weighted by molar-refractivity contribution is 7.85. The Hall–Kier alpha value is 0.0800. The molecule has 92 valence electrons. The van der Waals surface area contributed by atoms with Crippen molar-refractivity contribution >= 4 is 17.4 Å². The average molecular weight is 254 g/mol. The van der Waals surface area contributed by atoms with E-state index in [-0.39, 0.29) is 0 Å². The highest BCUT2D eigenvalue weighted by Crippen LogP contribution is 2.53. The van der Waals surface area contributed by atoms with Crippen LogP contribution in [0.15, 0.2) is 12.7 Å². The summed E-state index contributed by atoms with van der Waals surface area (Å²) in [6.45, 7) is 12.5. The molecule has 0 fully saturated rings. The molecule has 0 saturated heterocycles. The summed E-state index contributed by atoms with van der Waals surface area (Å²) >= 11 is 0. The smallest absolute Gasteiger partial charge is 0.0982 e. The average Bonchev–Trinajstić information content (AvgIpc) is 2.16. The van der Waals surface area contributed by atoms with Gasteiger partial charge < -0.3 is 4.55 Å². The third-order valence-electron chi connectivity index (χ3n) is 2.61. The maximum Gasteiger partial charge on any atom is 0.0982 e. The van der Waals surface area contributed by atoms with E-state index >= 15 is 0 Å². The maximum absolute atomic E-state index is 9.60. The number of rotatable bonds is 5. The van der Waals surface area contributed by atoms with Gasteiger partial charge in [-0.25, -0.2) is 8.42 Å². The summed E-state index contributed by atoms with van der Waals surface area (Å²) in [5.41, 5.74) is 0. The zero-order valence-corrected chi connectivity index (χ0v) is 11.9. The predicted octanol–water partition coefficient (Wildman–Crippen LogP) is 2.41. The first-order valence-corrected chi connectivity index (χ1v) is 9.49. The molecule has 0 aliphatic carbocycles. The monoisotopic (exact) mass is 254 g/mol. The first-order valence-electron chi connectivity index (χ1n) is 5.12. The van der Waals surface area contributed by atoms with Gasteiger partial charge in [-0.2, -0.15) is 0 Å². The van der Waals surface area contributed by atoms with E-state index in [1.165, 1.54) is 18.5 Å². The second-order valence-electron chi connectivity index (χ2n) is 3.58.